The van der Waals surface area contributed by atoms with Gasteiger partial charge in [0.15, 0.2) is 22.7 Å². The first-order valence-electron chi connectivity index (χ1n) is 7.82. The van der Waals surface area contributed by atoms with Gasteiger partial charge in [-0.2, -0.15) is 0 Å². The molecule has 3 aromatic rings. The van der Waals surface area contributed by atoms with Gasteiger partial charge in [-0.05, 0) is 18.6 Å². The molecule has 0 aliphatic carbocycles. The van der Waals surface area contributed by atoms with E-state index in [0.717, 1.165) is 5.56 Å². The predicted octanol–water partition coefficient (Wildman–Crippen LogP) is 3.67. The smallest absolute Gasteiger partial charge is 0.199 e. The van der Waals surface area contributed by atoms with Crippen molar-refractivity contribution in [3.63, 3.8) is 0 Å². The van der Waals surface area contributed by atoms with Gasteiger partial charge in [0.2, 0.25) is 0 Å². The summed E-state index contributed by atoms with van der Waals surface area (Å²) in [4.78, 5) is 12.1. The fourth-order valence-electron chi connectivity index (χ4n) is 3.01. The van der Waals surface area contributed by atoms with Gasteiger partial charge in [-0.15, -0.1) is 0 Å². The molecule has 0 fully saturated rings. The van der Waals surface area contributed by atoms with E-state index in [4.69, 9.17) is 9.47 Å². The molecule has 0 spiro atoms. The average molecular weight is 325 g/mol. The average Bonchev–Trinajstić information content (AvgIpc) is 2.60. The standard InChI is InChI=1S/C19H16FNO3/c1-12-10-23-19-17-14(16(22)7-8-21(12)17)9-15(20)18(19)24-11-13-5-3-2-4-6-13/h2-9,12H,10-11H2,1H3. The molecule has 0 bridgehead atoms. The Labute approximate surface area is 138 Å². The van der Waals surface area contributed by atoms with Crippen molar-refractivity contribution in [2.45, 2.75) is 19.6 Å². The molecule has 2 heterocycles. The fourth-order valence-corrected chi connectivity index (χ4v) is 3.01. The number of aromatic nitrogens is 1. The Kier molecular flexibility index (Phi) is 3.49. The molecule has 1 aliphatic heterocycles. The van der Waals surface area contributed by atoms with Crippen LogP contribution in [0, 0.1) is 5.82 Å². The van der Waals surface area contributed by atoms with Crippen LogP contribution < -0.4 is 14.9 Å². The van der Waals surface area contributed by atoms with Crippen molar-refractivity contribution in [2.24, 2.45) is 0 Å². The third-order valence-electron chi connectivity index (χ3n) is 4.24. The van der Waals surface area contributed by atoms with Crippen LogP contribution in [0.4, 0.5) is 4.39 Å². The summed E-state index contributed by atoms with van der Waals surface area (Å²) in [7, 11) is 0. The van der Waals surface area contributed by atoms with Gasteiger partial charge in [0.25, 0.3) is 0 Å². The number of halogens is 1. The minimum absolute atomic E-state index is 0.0533. The molecule has 24 heavy (non-hydrogen) atoms. The summed E-state index contributed by atoms with van der Waals surface area (Å²) in [5.41, 5.74) is 1.29. The molecule has 0 N–H and O–H groups in total. The fraction of sp³-hybridized carbons (Fsp3) is 0.211. The van der Waals surface area contributed by atoms with Crippen LogP contribution in [0.25, 0.3) is 10.9 Å². The largest absolute Gasteiger partial charge is 0.485 e. The molecule has 0 saturated heterocycles. The molecule has 1 aliphatic rings. The van der Waals surface area contributed by atoms with Gasteiger partial charge < -0.3 is 14.0 Å². The summed E-state index contributed by atoms with van der Waals surface area (Å²) in [6.45, 7) is 2.61. The zero-order valence-electron chi connectivity index (χ0n) is 13.2. The maximum atomic E-state index is 14.5. The van der Waals surface area contributed by atoms with Crippen molar-refractivity contribution < 1.29 is 13.9 Å². The second-order valence-corrected chi connectivity index (χ2v) is 5.93. The summed E-state index contributed by atoms with van der Waals surface area (Å²) >= 11 is 0. The van der Waals surface area contributed by atoms with E-state index in [9.17, 15) is 9.18 Å². The molecular weight excluding hydrogens is 309 g/mol. The molecule has 1 aromatic heterocycles. The Morgan fingerprint density at radius 2 is 2.08 bits per heavy atom. The van der Waals surface area contributed by atoms with Crippen molar-refractivity contribution in [1.29, 1.82) is 0 Å². The first-order valence-corrected chi connectivity index (χ1v) is 7.82. The van der Waals surface area contributed by atoms with Crippen LogP contribution >= 0.6 is 0 Å². The Morgan fingerprint density at radius 1 is 1.29 bits per heavy atom. The summed E-state index contributed by atoms with van der Waals surface area (Å²) in [5.74, 6) is -0.229. The third-order valence-corrected chi connectivity index (χ3v) is 4.24. The van der Waals surface area contributed by atoms with Crippen LogP contribution in [0.3, 0.4) is 0 Å². The van der Waals surface area contributed by atoms with Crippen molar-refractivity contribution in [3.05, 3.63) is 70.3 Å². The van der Waals surface area contributed by atoms with Crippen molar-refractivity contribution in [1.82, 2.24) is 4.57 Å². The van der Waals surface area contributed by atoms with E-state index in [1.54, 1.807) is 6.20 Å². The van der Waals surface area contributed by atoms with Crippen molar-refractivity contribution in [2.75, 3.05) is 6.61 Å². The number of pyridine rings is 1. The lowest BCUT2D eigenvalue weighted by atomic mass is 10.1. The highest BCUT2D eigenvalue weighted by Gasteiger charge is 2.26. The lowest BCUT2D eigenvalue weighted by Crippen LogP contribution is -2.23. The molecule has 1 atom stereocenters. The summed E-state index contributed by atoms with van der Waals surface area (Å²) in [5, 5.41) is 0.309. The molecule has 0 radical (unpaired) electrons. The lowest BCUT2D eigenvalue weighted by Gasteiger charge is -2.27. The highest BCUT2D eigenvalue weighted by atomic mass is 19.1. The SMILES string of the molecule is CC1COc2c(OCc3ccccc3)c(F)cc3c(=O)ccn1c23. The maximum absolute atomic E-state index is 14.5. The molecule has 2 aromatic carbocycles. The van der Waals surface area contributed by atoms with E-state index in [0.29, 0.717) is 23.3 Å². The van der Waals surface area contributed by atoms with Gasteiger partial charge in [0.05, 0.1) is 16.9 Å². The molecule has 0 amide bonds. The van der Waals surface area contributed by atoms with Crippen molar-refractivity contribution in [3.8, 4) is 11.5 Å². The summed E-state index contributed by atoms with van der Waals surface area (Å²) in [6, 6.07) is 12.3. The van der Waals surface area contributed by atoms with Crippen LogP contribution in [-0.2, 0) is 6.61 Å². The normalized spacial score (nSPS) is 16.0. The minimum Gasteiger partial charge on any atom is -0.485 e. The van der Waals surface area contributed by atoms with E-state index in [1.807, 2.05) is 41.8 Å². The van der Waals surface area contributed by atoms with E-state index in [1.165, 1.54) is 12.1 Å². The second kappa shape index (κ2) is 5.67. The third kappa shape index (κ3) is 2.33. The van der Waals surface area contributed by atoms with Gasteiger partial charge in [0.1, 0.15) is 13.2 Å². The highest BCUT2D eigenvalue weighted by molar-refractivity contribution is 5.88. The predicted molar refractivity (Wildman–Crippen MR) is 89.1 cm³/mol. The second-order valence-electron chi connectivity index (χ2n) is 5.93. The van der Waals surface area contributed by atoms with E-state index < -0.39 is 5.82 Å². The monoisotopic (exact) mass is 325 g/mol. The van der Waals surface area contributed by atoms with E-state index in [2.05, 4.69) is 0 Å². The number of hydrogen-bond donors (Lipinski definition) is 0. The van der Waals surface area contributed by atoms with Gasteiger partial charge >= 0.3 is 0 Å². The molecule has 1 unspecified atom stereocenters. The number of benzene rings is 2. The van der Waals surface area contributed by atoms with Crippen LogP contribution in [0.2, 0.25) is 0 Å². The molecule has 4 rings (SSSR count). The topological polar surface area (TPSA) is 40.5 Å². The lowest BCUT2D eigenvalue weighted by molar-refractivity contribution is 0.217. The zero-order valence-corrected chi connectivity index (χ0v) is 13.2. The Bertz CT molecular complexity index is 966. The van der Waals surface area contributed by atoms with Crippen LogP contribution in [0.5, 0.6) is 11.5 Å². The van der Waals surface area contributed by atoms with Crippen LogP contribution in [-0.4, -0.2) is 11.2 Å². The molecule has 0 saturated carbocycles. The Balaban J connectivity index is 1.85. The number of ether oxygens (including phenoxy) is 2. The Hall–Kier alpha value is -2.82. The molecule has 122 valence electrons. The Morgan fingerprint density at radius 3 is 2.88 bits per heavy atom. The first-order chi connectivity index (χ1) is 11.6. The maximum Gasteiger partial charge on any atom is 0.199 e. The molecule has 4 nitrogen and oxygen atoms in total. The summed E-state index contributed by atoms with van der Waals surface area (Å²) in [6.07, 6.45) is 1.72. The molecule has 5 heteroatoms. The van der Waals surface area contributed by atoms with Gasteiger partial charge in [-0.25, -0.2) is 4.39 Å². The number of hydrogen-bond acceptors (Lipinski definition) is 3. The highest BCUT2D eigenvalue weighted by Crippen LogP contribution is 2.41. The van der Waals surface area contributed by atoms with Crippen LogP contribution in [0.15, 0.2) is 53.5 Å². The van der Waals surface area contributed by atoms with Gasteiger partial charge in [0, 0.05) is 12.3 Å². The van der Waals surface area contributed by atoms with E-state index in [-0.39, 0.29) is 23.8 Å². The number of rotatable bonds is 3. The molecular formula is C19H16FNO3. The van der Waals surface area contributed by atoms with Crippen LogP contribution in [0.1, 0.15) is 18.5 Å². The first kappa shape index (κ1) is 14.8. The van der Waals surface area contributed by atoms with Crippen molar-refractivity contribution >= 4 is 10.9 Å². The number of nitrogens with zero attached hydrogens (tertiary/aromatic N) is 1. The summed E-state index contributed by atoms with van der Waals surface area (Å²) < 4.78 is 27.9. The minimum atomic E-state index is -0.585. The quantitative estimate of drug-likeness (QED) is 0.738. The van der Waals surface area contributed by atoms with Gasteiger partial charge in [-0.3, -0.25) is 4.79 Å². The zero-order chi connectivity index (χ0) is 16.7. The van der Waals surface area contributed by atoms with Gasteiger partial charge in [-0.1, -0.05) is 30.3 Å². The van der Waals surface area contributed by atoms with E-state index >= 15 is 0 Å².